The number of nitrogens with one attached hydrogen (secondary N) is 1. The number of hydrogen-bond acceptors (Lipinski definition) is 4. The van der Waals surface area contributed by atoms with E-state index in [-0.39, 0.29) is 0 Å². The molecule has 18 heavy (non-hydrogen) atoms. The fraction of sp³-hybridized carbons (Fsp3) is 0.308. The van der Waals surface area contributed by atoms with Gasteiger partial charge in [-0.1, -0.05) is 16.8 Å². The molecule has 1 aromatic heterocycles. The molecule has 96 valence electrons. The number of ether oxygens (including phenoxy) is 1. The van der Waals surface area contributed by atoms with Gasteiger partial charge in [-0.25, -0.2) is 0 Å². The van der Waals surface area contributed by atoms with Gasteiger partial charge >= 0.3 is 0 Å². The SMILES string of the molecule is CNCc1cc(Cl)ccc1OCc1cc(C)on1. The number of hydrogen-bond donors (Lipinski definition) is 1. The second kappa shape index (κ2) is 5.89. The Kier molecular flexibility index (Phi) is 4.23. The highest BCUT2D eigenvalue weighted by Gasteiger charge is 2.06. The summed E-state index contributed by atoms with van der Waals surface area (Å²) in [6.07, 6.45) is 0. The third kappa shape index (κ3) is 3.24. The normalized spacial score (nSPS) is 10.6. The minimum Gasteiger partial charge on any atom is -0.487 e. The lowest BCUT2D eigenvalue weighted by Gasteiger charge is -2.10. The Labute approximate surface area is 111 Å². The molecule has 0 aliphatic carbocycles. The Hall–Kier alpha value is -1.52. The van der Waals surface area contributed by atoms with Crippen molar-refractivity contribution in [1.29, 1.82) is 0 Å². The molecule has 2 aromatic rings. The lowest BCUT2D eigenvalue weighted by molar-refractivity contribution is 0.285. The van der Waals surface area contributed by atoms with Crippen LogP contribution in [0.2, 0.25) is 5.02 Å². The van der Waals surface area contributed by atoms with Gasteiger partial charge < -0.3 is 14.6 Å². The molecule has 0 spiro atoms. The first-order valence-electron chi connectivity index (χ1n) is 5.67. The molecular weight excluding hydrogens is 252 g/mol. The predicted molar refractivity (Wildman–Crippen MR) is 69.8 cm³/mol. The Morgan fingerprint density at radius 2 is 2.22 bits per heavy atom. The van der Waals surface area contributed by atoms with Crippen LogP contribution in [-0.2, 0) is 13.2 Å². The van der Waals surface area contributed by atoms with E-state index < -0.39 is 0 Å². The first kappa shape index (κ1) is 12.9. The van der Waals surface area contributed by atoms with E-state index >= 15 is 0 Å². The van der Waals surface area contributed by atoms with Crippen molar-refractivity contribution in [2.45, 2.75) is 20.1 Å². The summed E-state index contributed by atoms with van der Waals surface area (Å²) in [5, 5.41) is 7.66. The van der Waals surface area contributed by atoms with Gasteiger partial charge in [-0.3, -0.25) is 0 Å². The lowest BCUT2D eigenvalue weighted by Crippen LogP contribution is -2.07. The van der Waals surface area contributed by atoms with Crippen molar-refractivity contribution in [3.63, 3.8) is 0 Å². The number of nitrogens with zero attached hydrogens (tertiary/aromatic N) is 1. The monoisotopic (exact) mass is 266 g/mol. The molecule has 0 atom stereocenters. The van der Waals surface area contributed by atoms with Crippen molar-refractivity contribution < 1.29 is 9.26 Å². The molecule has 5 heteroatoms. The van der Waals surface area contributed by atoms with Crippen molar-refractivity contribution >= 4 is 11.6 Å². The van der Waals surface area contributed by atoms with Crippen molar-refractivity contribution in [3.05, 3.63) is 46.3 Å². The van der Waals surface area contributed by atoms with Crippen LogP contribution in [-0.4, -0.2) is 12.2 Å². The van der Waals surface area contributed by atoms with Gasteiger partial charge in [0.25, 0.3) is 0 Å². The third-order valence-corrected chi connectivity index (χ3v) is 2.68. The average molecular weight is 267 g/mol. The Morgan fingerprint density at radius 3 is 2.89 bits per heavy atom. The van der Waals surface area contributed by atoms with E-state index in [1.165, 1.54) is 0 Å². The van der Waals surface area contributed by atoms with Crippen LogP contribution >= 0.6 is 11.6 Å². The highest BCUT2D eigenvalue weighted by atomic mass is 35.5. The van der Waals surface area contributed by atoms with E-state index in [0.717, 1.165) is 22.8 Å². The number of aromatic nitrogens is 1. The summed E-state index contributed by atoms with van der Waals surface area (Å²) in [4.78, 5) is 0. The standard InChI is InChI=1S/C13H15ClN2O2/c1-9-5-12(16-18-9)8-17-13-4-3-11(14)6-10(13)7-15-2/h3-6,15H,7-8H2,1-2H3. The first-order chi connectivity index (χ1) is 8.69. The zero-order valence-electron chi connectivity index (χ0n) is 10.4. The number of rotatable bonds is 5. The second-order valence-electron chi connectivity index (χ2n) is 4.00. The molecule has 2 rings (SSSR count). The van der Waals surface area contributed by atoms with Crippen molar-refractivity contribution in [1.82, 2.24) is 10.5 Å². The van der Waals surface area contributed by atoms with E-state index in [4.69, 9.17) is 20.9 Å². The van der Waals surface area contributed by atoms with Gasteiger partial charge in [0, 0.05) is 23.2 Å². The van der Waals surface area contributed by atoms with Crippen molar-refractivity contribution in [3.8, 4) is 5.75 Å². The van der Waals surface area contributed by atoms with Crippen LogP contribution in [0.3, 0.4) is 0 Å². The van der Waals surface area contributed by atoms with Gasteiger partial charge in [0.15, 0.2) is 0 Å². The molecule has 0 saturated heterocycles. The summed E-state index contributed by atoms with van der Waals surface area (Å²) in [6, 6.07) is 7.42. The minimum absolute atomic E-state index is 0.385. The van der Waals surface area contributed by atoms with Gasteiger partial charge in [0.1, 0.15) is 23.8 Å². The number of halogens is 1. The van der Waals surface area contributed by atoms with Crippen LogP contribution in [0.1, 0.15) is 17.0 Å². The maximum Gasteiger partial charge on any atom is 0.134 e. The Morgan fingerprint density at radius 1 is 1.39 bits per heavy atom. The molecule has 0 fully saturated rings. The van der Waals surface area contributed by atoms with E-state index in [0.29, 0.717) is 18.2 Å². The Balaban J connectivity index is 2.08. The van der Waals surface area contributed by atoms with Crippen LogP contribution in [0.15, 0.2) is 28.8 Å². The fourth-order valence-corrected chi connectivity index (χ4v) is 1.85. The van der Waals surface area contributed by atoms with Gasteiger partial charge in [-0.2, -0.15) is 0 Å². The average Bonchev–Trinajstić information content (AvgIpc) is 2.75. The quantitative estimate of drug-likeness (QED) is 0.904. The van der Waals surface area contributed by atoms with Crippen LogP contribution in [0.5, 0.6) is 5.75 Å². The maximum atomic E-state index is 5.96. The second-order valence-corrected chi connectivity index (χ2v) is 4.44. The molecule has 0 bridgehead atoms. The summed E-state index contributed by atoms with van der Waals surface area (Å²) < 4.78 is 10.7. The Bertz CT molecular complexity index is 525. The van der Waals surface area contributed by atoms with Crippen LogP contribution in [0.25, 0.3) is 0 Å². The summed E-state index contributed by atoms with van der Waals surface area (Å²) in [5.41, 5.74) is 1.79. The van der Waals surface area contributed by atoms with Gasteiger partial charge in [-0.05, 0) is 32.2 Å². The predicted octanol–water partition coefficient (Wildman–Crippen LogP) is 2.93. The molecule has 4 nitrogen and oxygen atoms in total. The topological polar surface area (TPSA) is 47.3 Å². The van der Waals surface area contributed by atoms with Crippen molar-refractivity contribution in [2.24, 2.45) is 0 Å². The highest BCUT2D eigenvalue weighted by molar-refractivity contribution is 6.30. The molecule has 0 amide bonds. The third-order valence-electron chi connectivity index (χ3n) is 2.44. The molecule has 0 aliphatic rings. The number of benzene rings is 1. The molecular formula is C13H15ClN2O2. The first-order valence-corrected chi connectivity index (χ1v) is 6.05. The summed E-state index contributed by atoms with van der Waals surface area (Å²) in [6.45, 7) is 2.94. The number of aryl methyl sites for hydroxylation is 1. The summed E-state index contributed by atoms with van der Waals surface area (Å²) in [5.74, 6) is 1.58. The van der Waals surface area contributed by atoms with Crippen LogP contribution in [0, 0.1) is 6.92 Å². The van der Waals surface area contributed by atoms with Crippen LogP contribution < -0.4 is 10.1 Å². The maximum absolute atomic E-state index is 5.96. The van der Waals surface area contributed by atoms with Gasteiger partial charge in [0.05, 0.1) is 0 Å². The zero-order valence-corrected chi connectivity index (χ0v) is 11.1. The van der Waals surface area contributed by atoms with E-state index in [1.807, 2.05) is 38.2 Å². The van der Waals surface area contributed by atoms with Crippen molar-refractivity contribution in [2.75, 3.05) is 7.05 Å². The van der Waals surface area contributed by atoms with E-state index in [1.54, 1.807) is 0 Å². The molecule has 1 aromatic carbocycles. The van der Waals surface area contributed by atoms with E-state index in [2.05, 4.69) is 10.5 Å². The molecule has 0 unspecified atom stereocenters. The van der Waals surface area contributed by atoms with Crippen LogP contribution in [0.4, 0.5) is 0 Å². The molecule has 1 heterocycles. The molecule has 0 saturated carbocycles. The lowest BCUT2D eigenvalue weighted by atomic mass is 10.2. The summed E-state index contributed by atoms with van der Waals surface area (Å²) >= 11 is 5.96. The summed E-state index contributed by atoms with van der Waals surface area (Å²) in [7, 11) is 1.88. The molecule has 0 aliphatic heterocycles. The highest BCUT2D eigenvalue weighted by Crippen LogP contribution is 2.23. The largest absolute Gasteiger partial charge is 0.487 e. The minimum atomic E-state index is 0.385. The fourth-order valence-electron chi connectivity index (χ4n) is 1.66. The van der Waals surface area contributed by atoms with E-state index in [9.17, 15) is 0 Å². The zero-order chi connectivity index (χ0) is 13.0. The smallest absolute Gasteiger partial charge is 0.134 e. The molecule has 1 N–H and O–H groups in total. The van der Waals surface area contributed by atoms with Gasteiger partial charge in [-0.15, -0.1) is 0 Å². The molecule has 0 radical (unpaired) electrons. The van der Waals surface area contributed by atoms with Gasteiger partial charge in [0.2, 0.25) is 0 Å².